The molecule has 88 valence electrons. The van der Waals surface area contributed by atoms with E-state index in [9.17, 15) is 4.79 Å². The highest BCUT2D eigenvalue weighted by Crippen LogP contribution is 2.23. The number of hydrogen-bond acceptors (Lipinski definition) is 2. The Labute approximate surface area is 93.2 Å². The first-order valence-corrected chi connectivity index (χ1v) is 6.07. The van der Waals surface area contributed by atoms with Gasteiger partial charge in [0.1, 0.15) is 0 Å². The molecule has 0 aliphatic carbocycles. The summed E-state index contributed by atoms with van der Waals surface area (Å²) in [5.41, 5.74) is 0. The molecule has 0 aromatic rings. The number of hydrogen-bond donors (Lipinski definition) is 1. The zero-order valence-electron chi connectivity index (χ0n) is 10.4. The highest BCUT2D eigenvalue weighted by Gasteiger charge is 2.31. The maximum absolute atomic E-state index is 12.1. The molecule has 15 heavy (non-hydrogen) atoms. The van der Waals surface area contributed by atoms with Crippen molar-refractivity contribution in [2.75, 3.05) is 19.6 Å². The Morgan fingerprint density at radius 3 is 2.67 bits per heavy atom. The molecule has 3 heteroatoms. The zero-order valence-corrected chi connectivity index (χ0v) is 10.4. The Morgan fingerprint density at radius 2 is 2.20 bits per heavy atom. The van der Waals surface area contributed by atoms with E-state index in [0.29, 0.717) is 17.9 Å². The van der Waals surface area contributed by atoms with Gasteiger partial charge in [0.05, 0.1) is 0 Å². The molecule has 3 atom stereocenters. The molecule has 3 nitrogen and oxygen atoms in total. The van der Waals surface area contributed by atoms with E-state index in [-0.39, 0.29) is 5.92 Å². The van der Waals surface area contributed by atoms with Gasteiger partial charge in [0.15, 0.2) is 0 Å². The van der Waals surface area contributed by atoms with E-state index < -0.39 is 0 Å². The number of amides is 1. The second-order valence-electron chi connectivity index (χ2n) is 4.89. The van der Waals surface area contributed by atoms with E-state index in [0.717, 1.165) is 26.1 Å². The smallest absolute Gasteiger partial charge is 0.226 e. The van der Waals surface area contributed by atoms with Crippen molar-refractivity contribution in [2.24, 2.45) is 11.8 Å². The van der Waals surface area contributed by atoms with E-state index in [1.165, 1.54) is 0 Å². The van der Waals surface area contributed by atoms with Crippen LogP contribution in [0.5, 0.6) is 0 Å². The van der Waals surface area contributed by atoms with Crippen LogP contribution in [0.15, 0.2) is 0 Å². The van der Waals surface area contributed by atoms with Crippen LogP contribution >= 0.6 is 0 Å². The van der Waals surface area contributed by atoms with Crippen molar-refractivity contribution in [3.8, 4) is 0 Å². The first-order chi connectivity index (χ1) is 7.06. The highest BCUT2D eigenvalue weighted by molar-refractivity contribution is 5.79. The summed E-state index contributed by atoms with van der Waals surface area (Å²) in [6, 6.07) is 0.427. The molecule has 1 heterocycles. The van der Waals surface area contributed by atoms with Gasteiger partial charge in [-0.25, -0.2) is 0 Å². The van der Waals surface area contributed by atoms with Gasteiger partial charge in [0.25, 0.3) is 0 Å². The first-order valence-electron chi connectivity index (χ1n) is 6.07. The van der Waals surface area contributed by atoms with E-state index in [4.69, 9.17) is 0 Å². The normalized spacial score (nSPS) is 28.1. The van der Waals surface area contributed by atoms with E-state index in [1.807, 2.05) is 11.8 Å². The summed E-state index contributed by atoms with van der Waals surface area (Å²) in [5.74, 6) is 1.08. The first kappa shape index (κ1) is 12.5. The lowest BCUT2D eigenvalue weighted by molar-refractivity contribution is -0.135. The number of carbonyl (C=O) groups is 1. The van der Waals surface area contributed by atoms with Crippen LogP contribution in [0, 0.1) is 11.8 Å². The third kappa shape index (κ3) is 3.20. The van der Waals surface area contributed by atoms with Crippen molar-refractivity contribution in [3.05, 3.63) is 0 Å². The topological polar surface area (TPSA) is 32.3 Å². The summed E-state index contributed by atoms with van der Waals surface area (Å²) in [5, 5.41) is 3.23. The second kappa shape index (κ2) is 5.50. The number of rotatable bonds is 4. The van der Waals surface area contributed by atoms with E-state index >= 15 is 0 Å². The van der Waals surface area contributed by atoms with Crippen LogP contribution < -0.4 is 5.32 Å². The molecule has 1 N–H and O–H groups in total. The summed E-state index contributed by atoms with van der Waals surface area (Å²) in [4.78, 5) is 14.1. The highest BCUT2D eigenvalue weighted by atomic mass is 16.2. The molecule has 0 aromatic carbocycles. The molecule has 1 aliphatic rings. The lowest BCUT2D eigenvalue weighted by atomic mass is 10.1. The van der Waals surface area contributed by atoms with Crippen molar-refractivity contribution in [1.29, 1.82) is 0 Å². The molecule has 0 spiro atoms. The minimum Gasteiger partial charge on any atom is -0.339 e. The van der Waals surface area contributed by atoms with Gasteiger partial charge in [0, 0.05) is 25.0 Å². The standard InChI is InChI=1S/C12H24N2O/c1-5-13-7-10(3)12(15)14-8-9(2)6-11(14)4/h9-11,13H,5-8H2,1-4H3. The largest absolute Gasteiger partial charge is 0.339 e. The minimum atomic E-state index is 0.109. The number of carbonyl (C=O) groups excluding carboxylic acids is 1. The molecular weight excluding hydrogens is 188 g/mol. The molecule has 1 fully saturated rings. The van der Waals surface area contributed by atoms with Crippen molar-refractivity contribution in [3.63, 3.8) is 0 Å². The van der Waals surface area contributed by atoms with Gasteiger partial charge in [0.2, 0.25) is 5.91 Å². The van der Waals surface area contributed by atoms with Crippen LogP contribution in [0.1, 0.15) is 34.1 Å². The molecule has 1 aliphatic heterocycles. The maximum Gasteiger partial charge on any atom is 0.226 e. The van der Waals surface area contributed by atoms with Gasteiger partial charge in [-0.05, 0) is 25.8 Å². The second-order valence-corrected chi connectivity index (χ2v) is 4.89. The molecule has 1 rings (SSSR count). The monoisotopic (exact) mass is 212 g/mol. The van der Waals surface area contributed by atoms with Crippen LogP contribution in [0.2, 0.25) is 0 Å². The fourth-order valence-electron chi connectivity index (χ4n) is 2.34. The predicted octanol–water partition coefficient (Wildman–Crippen LogP) is 1.49. The van der Waals surface area contributed by atoms with Gasteiger partial charge in [-0.2, -0.15) is 0 Å². The van der Waals surface area contributed by atoms with Crippen LogP contribution in [-0.2, 0) is 4.79 Å². The lowest BCUT2D eigenvalue weighted by Gasteiger charge is -2.25. The fourth-order valence-corrected chi connectivity index (χ4v) is 2.34. The Kier molecular flexibility index (Phi) is 4.58. The van der Waals surface area contributed by atoms with Gasteiger partial charge in [-0.1, -0.05) is 20.8 Å². The number of nitrogens with zero attached hydrogens (tertiary/aromatic N) is 1. The fraction of sp³-hybridized carbons (Fsp3) is 0.917. The average Bonchev–Trinajstić information content (AvgIpc) is 2.53. The molecule has 0 bridgehead atoms. The SMILES string of the molecule is CCNCC(C)C(=O)N1CC(C)CC1C. The summed E-state index contributed by atoms with van der Waals surface area (Å²) in [7, 11) is 0. The van der Waals surface area contributed by atoms with Crippen LogP contribution in [-0.4, -0.2) is 36.5 Å². The lowest BCUT2D eigenvalue weighted by Crippen LogP contribution is -2.41. The predicted molar refractivity (Wildman–Crippen MR) is 62.7 cm³/mol. The Bertz CT molecular complexity index is 218. The third-order valence-electron chi connectivity index (χ3n) is 3.19. The molecule has 0 aromatic heterocycles. The van der Waals surface area contributed by atoms with Gasteiger partial charge < -0.3 is 10.2 Å². The Hall–Kier alpha value is -0.570. The minimum absolute atomic E-state index is 0.109. The van der Waals surface area contributed by atoms with Crippen molar-refractivity contribution >= 4 is 5.91 Å². The third-order valence-corrected chi connectivity index (χ3v) is 3.19. The van der Waals surface area contributed by atoms with Crippen molar-refractivity contribution in [1.82, 2.24) is 10.2 Å². The Balaban J connectivity index is 2.45. The van der Waals surface area contributed by atoms with Crippen LogP contribution in [0.3, 0.4) is 0 Å². The van der Waals surface area contributed by atoms with Crippen molar-refractivity contribution < 1.29 is 4.79 Å². The molecule has 3 unspecified atom stereocenters. The van der Waals surface area contributed by atoms with Crippen LogP contribution in [0.4, 0.5) is 0 Å². The molecule has 0 radical (unpaired) electrons. The quantitative estimate of drug-likeness (QED) is 0.765. The zero-order chi connectivity index (χ0) is 11.4. The summed E-state index contributed by atoms with van der Waals surface area (Å²) in [6.07, 6.45) is 1.15. The molecule has 0 saturated carbocycles. The van der Waals surface area contributed by atoms with Crippen LogP contribution in [0.25, 0.3) is 0 Å². The van der Waals surface area contributed by atoms with Crippen molar-refractivity contribution in [2.45, 2.75) is 40.2 Å². The summed E-state index contributed by atoms with van der Waals surface area (Å²) in [6.45, 7) is 11.1. The number of nitrogens with one attached hydrogen (secondary N) is 1. The number of likely N-dealkylation sites (tertiary alicyclic amines) is 1. The maximum atomic E-state index is 12.1. The van der Waals surface area contributed by atoms with E-state index in [1.54, 1.807) is 0 Å². The summed E-state index contributed by atoms with van der Waals surface area (Å²) >= 11 is 0. The molecular formula is C12H24N2O. The molecule has 1 amide bonds. The van der Waals surface area contributed by atoms with Gasteiger partial charge in [-0.15, -0.1) is 0 Å². The molecule has 1 saturated heterocycles. The van der Waals surface area contributed by atoms with E-state index in [2.05, 4.69) is 26.1 Å². The summed E-state index contributed by atoms with van der Waals surface area (Å²) < 4.78 is 0. The van der Waals surface area contributed by atoms with Gasteiger partial charge in [-0.3, -0.25) is 4.79 Å². The van der Waals surface area contributed by atoms with Gasteiger partial charge >= 0.3 is 0 Å². The average molecular weight is 212 g/mol. The Morgan fingerprint density at radius 1 is 1.53 bits per heavy atom.